The number of carbonyl (C=O) groups excluding carboxylic acids is 1. The van der Waals surface area contributed by atoms with E-state index in [9.17, 15) is 4.79 Å². The lowest BCUT2D eigenvalue weighted by Gasteiger charge is -1.94. The van der Waals surface area contributed by atoms with Gasteiger partial charge in [-0.15, -0.1) is 0 Å². The Balaban J connectivity index is 3.04. The molecule has 0 saturated heterocycles. The summed E-state index contributed by atoms with van der Waals surface area (Å²) in [5.41, 5.74) is 1.04. The maximum absolute atomic E-state index is 10.4. The van der Waals surface area contributed by atoms with Gasteiger partial charge in [-0.2, -0.15) is 5.26 Å². The van der Waals surface area contributed by atoms with E-state index in [0.29, 0.717) is 17.5 Å². The van der Waals surface area contributed by atoms with E-state index in [-0.39, 0.29) is 6.42 Å². The molecule has 0 spiro atoms. The topological polar surface area (TPSA) is 53.8 Å². The molecule has 0 bridgehead atoms. The van der Waals surface area contributed by atoms with E-state index in [0.717, 1.165) is 0 Å². The zero-order valence-electron chi connectivity index (χ0n) is 5.82. The van der Waals surface area contributed by atoms with Crippen molar-refractivity contribution in [3.05, 3.63) is 29.6 Å². The van der Waals surface area contributed by atoms with E-state index in [4.69, 9.17) is 5.26 Å². The van der Waals surface area contributed by atoms with Crippen LogP contribution in [0.3, 0.4) is 0 Å². The minimum atomic E-state index is 0.189. The van der Waals surface area contributed by atoms with Gasteiger partial charge in [0.2, 0.25) is 0 Å². The Kier molecular flexibility index (Phi) is 2.34. The van der Waals surface area contributed by atoms with Crippen LogP contribution in [0.15, 0.2) is 18.3 Å². The Bertz CT molecular complexity index is 301. The summed E-state index contributed by atoms with van der Waals surface area (Å²) >= 11 is 0. The molecule has 3 heteroatoms. The summed E-state index contributed by atoms with van der Waals surface area (Å²) in [5.74, 6) is 0. The minimum Gasteiger partial charge on any atom is -0.298 e. The highest BCUT2D eigenvalue weighted by atomic mass is 16.1. The fraction of sp³-hybridized carbons (Fsp3) is 0.125. The van der Waals surface area contributed by atoms with Gasteiger partial charge in [-0.05, 0) is 12.1 Å². The molecule has 0 aliphatic carbocycles. The second-order valence-electron chi connectivity index (χ2n) is 1.99. The molecule has 0 amide bonds. The highest BCUT2D eigenvalue weighted by molar-refractivity contribution is 5.76. The van der Waals surface area contributed by atoms with Crippen LogP contribution in [0.4, 0.5) is 0 Å². The number of hydrogen-bond donors (Lipinski definition) is 0. The molecule has 0 saturated carbocycles. The van der Waals surface area contributed by atoms with Crippen LogP contribution in [0.5, 0.6) is 0 Å². The van der Waals surface area contributed by atoms with Gasteiger partial charge in [0.15, 0.2) is 6.29 Å². The standard InChI is InChI=1S/C8H6N2O/c9-4-3-8-7(6-11)2-1-5-10-8/h1-2,5-6H,3H2. The number of nitriles is 1. The van der Waals surface area contributed by atoms with Gasteiger partial charge < -0.3 is 0 Å². The number of pyridine rings is 1. The third-order valence-corrected chi connectivity index (χ3v) is 1.30. The second kappa shape index (κ2) is 3.47. The van der Waals surface area contributed by atoms with Crippen molar-refractivity contribution in [2.24, 2.45) is 0 Å². The van der Waals surface area contributed by atoms with Crippen molar-refractivity contribution in [1.82, 2.24) is 4.98 Å². The molecule has 1 heterocycles. The molecule has 0 N–H and O–H groups in total. The molecule has 0 aliphatic rings. The lowest BCUT2D eigenvalue weighted by Crippen LogP contribution is -1.93. The maximum Gasteiger partial charge on any atom is 0.151 e. The van der Waals surface area contributed by atoms with Crippen molar-refractivity contribution in [2.45, 2.75) is 6.42 Å². The molecule has 0 radical (unpaired) electrons. The number of nitrogens with zero attached hydrogens (tertiary/aromatic N) is 2. The molecular weight excluding hydrogens is 140 g/mol. The molecule has 1 rings (SSSR count). The first-order chi connectivity index (χ1) is 5.38. The summed E-state index contributed by atoms with van der Waals surface area (Å²) in [4.78, 5) is 14.2. The highest BCUT2D eigenvalue weighted by Crippen LogP contribution is 2.01. The SMILES string of the molecule is N#CCc1ncccc1C=O. The molecule has 1 aromatic heterocycles. The van der Waals surface area contributed by atoms with Gasteiger partial charge in [0, 0.05) is 11.8 Å². The van der Waals surface area contributed by atoms with E-state index in [1.165, 1.54) is 0 Å². The van der Waals surface area contributed by atoms with Crippen molar-refractivity contribution >= 4 is 6.29 Å². The molecular formula is C8H6N2O. The van der Waals surface area contributed by atoms with E-state index in [1.54, 1.807) is 18.3 Å². The Morgan fingerprint density at radius 2 is 2.55 bits per heavy atom. The normalized spacial score (nSPS) is 8.64. The number of aromatic nitrogens is 1. The molecule has 1 aromatic rings. The smallest absolute Gasteiger partial charge is 0.151 e. The molecule has 0 unspecified atom stereocenters. The van der Waals surface area contributed by atoms with Crippen molar-refractivity contribution in [1.29, 1.82) is 5.26 Å². The quantitative estimate of drug-likeness (QED) is 0.584. The van der Waals surface area contributed by atoms with Crippen molar-refractivity contribution in [2.75, 3.05) is 0 Å². The summed E-state index contributed by atoms with van der Waals surface area (Å²) in [6.07, 6.45) is 2.47. The fourth-order valence-corrected chi connectivity index (χ4v) is 0.780. The Labute approximate surface area is 64.3 Å². The van der Waals surface area contributed by atoms with Gasteiger partial charge in [0.1, 0.15) is 0 Å². The van der Waals surface area contributed by atoms with Gasteiger partial charge in [0.25, 0.3) is 0 Å². The maximum atomic E-state index is 10.4. The van der Waals surface area contributed by atoms with Gasteiger partial charge in [-0.1, -0.05) is 0 Å². The van der Waals surface area contributed by atoms with Crippen LogP contribution < -0.4 is 0 Å². The zero-order chi connectivity index (χ0) is 8.10. The average molecular weight is 146 g/mol. The molecule has 54 valence electrons. The lowest BCUT2D eigenvalue weighted by atomic mass is 10.2. The number of carbonyl (C=O) groups is 1. The summed E-state index contributed by atoms with van der Waals surface area (Å²) in [6.45, 7) is 0. The molecule has 0 aromatic carbocycles. The third-order valence-electron chi connectivity index (χ3n) is 1.30. The van der Waals surface area contributed by atoms with Crippen molar-refractivity contribution in [3.8, 4) is 6.07 Å². The lowest BCUT2D eigenvalue weighted by molar-refractivity contribution is 0.112. The highest BCUT2D eigenvalue weighted by Gasteiger charge is 1.99. The Hall–Kier alpha value is -1.69. The summed E-state index contributed by atoms with van der Waals surface area (Å²) in [6, 6.07) is 5.25. The molecule has 11 heavy (non-hydrogen) atoms. The summed E-state index contributed by atoms with van der Waals surface area (Å²) in [5, 5.41) is 8.33. The Morgan fingerprint density at radius 3 is 3.18 bits per heavy atom. The monoisotopic (exact) mass is 146 g/mol. The van der Waals surface area contributed by atoms with E-state index in [1.807, 2.05) is 6.07 Å². The van der Waals surface area contributed by atoms with Crippen LogP contribution in [0, 0.1) is 11.3 Å². The van der Waals surface area contributed by atoms with Crippen LogP contribution in [-0.4, -0.2) is 11.3 Å². The predicted octanol–water partition coefficient (Wildman–Crippen LogP) is 0.960. The van der Waals surface area contributed by atoms with Crippen LogP contribution >= 0.6 is 0 Å². The first-order valence-electron chi connectivity index (χ1n) is 3.14. The van der Waals surface area contributed by atoms with E-state index in [2.05, 4.69) is 4.98 Å². The molecule has 0 fully saturated rings. The fourth-order valence-electron chi connectivity index (χ4n) is 0.780. The summed E-state index contributed by atoms with van der Waals surface area (Å²) in [7, 11) is 0. The van der Waals surface area contributed by atoms with Crippen LogP contribution in [0.1, 0.15) is 16.1 Å². The number of aldehydes is 1. The van der Waals surface area contributed by atoms with E-state index < -0.39 is 0 Å². The van der Waals surface area contributed by atoms with Gasteiger partial charge in [-0.3, -0.25) is 9.78 Å². The van der Waals surface area contributed by atoms with Crippen molar-refractivity contribution in [3.63, 3.8) is 0 Å². The molecule has 0 aliphatic heterocycles. The minimum absolute atomic E-state index is 0.189. The first-order valence-corrected chi connectivity index (χ1v) is 3.14. The predicted molar refractivity (Wildman–Crippen MR) is 38.9 cm³/mol. The van der Waals surface area contributed by atoms with Gasteiger partial charge >= 0.3 is 0 Å². The average Bonchev–Trinajstić information content (AvgIpc) is 2.06. The zero-order valence-corrected chi connectivity index (χ0v) is 5.82. The third kappa shape index (κ3) is 1.62. The van der Waals surface area contributed by atoms with Crippen LogP contribution in [-0.2, 0) is 6.42 Å². The molecule has 0 atom stereocenters. The second-order valence-corrected chi connectivity index (χ2v) is 1.99. The van der Waals surface area contributed by atoms with Gasteiger partial charge in [0.05, 0.1) is 18.2 Å². The largest absolute Gasteiger partial charge is 0.298 e. The molecule has 3 nitrogen and oxygen atoms in total. The first kappa shape index (κ1) is 7.42. The number of hydrogen-bond acceptors (Lipinski definition) is 3. The van der Waals surface area contributed by atoms with Crippen LogP contribution in [0.25, 0.3) is 0 Å². The van der Waals surface area contributed by atoms with Crippen LogP contribution in [0.2, 0.25) is 0 Å². The van der Waals surface area contributed by atoms with E-state index >= 15 is 0 Å². The number of rotatable bonds is 2. The van der Waals surface area contributed by atoms with Gasteiger partial charge in [-0.25, -0.2) is 0 Å². The summed E-state index contributed by atoms with van der Waals surface area (Å²) < 4.78 is 0. The van der Waals surface area contributed by atoms with Crippen molar-refractivity contribution < 1.29 is 4.79 Å². The Morgan fingerprint density at radius 1 is 1.73 bits per heavy atom.